The molecular formula is C16H17BrN2O3S. The molecule has 0 aliphatic heterocycles. The zero-order valence-corrected chi connectivity index (χ0v) is 14.8. The monoisotopic (exact) mass is 396 g/mol. The highest BCUT2D eigenvalue weighted by Gasteiger charge is 2.11. The summed E-state index contributed by atoms with van der Waals surface area (Å²) in [5, 5.41) is 5.28. The van der Waals surface area contributed by atoms with Gasteiger partial charge >= 0.3 is 0 Å². The zero-order valence-electron chi connectivity index (χ0n) is 12.4. The summed E-state index contributed by atoms with van der Waals surface area (Å²) in [5.74, 6) is 0.472. The van der Waals surface area contributed by atoms with Crippen molar-refractivity contribution in [3.8, 4) is 0 Å². The molecule has 1 aromatic carbocycles. The number of benzene rings is 1. The van der Waals surface area contributed by atoms with E-state index in [1.807, 2.05) is 18.2 Å². The quantitative estimate of drug-likeness (QED) is 0.531. The van der Waals surface area contributed by atoms with E-state index >= 15 is 0 Å². The van der Waals surface area contributed by atoms with Gasteiger partial charge in [0.25, 0.3) is 5.91 Å². The second-order valence-corrected chi connectivity index (χ2v) is 6.60. The number of rotatable bonds is 8. The van der Waals surface area contributed by atoms with Crippen LogP contribution in [0.4, 0.5) is 0 Å². The van der Waals surface area contributed by atoms with E-state index in [0.717, 1.165) is 12.2 Å². The summed E-state index contributed by atoms with van der Waals surface area (Å²) in [7, 11) is 0. The van der Waals surface area contributed by atoms with Crippen LogP contribution in [0.3, 0.4) is 0 Å². The third-order valence-corrected chi connectivity index (χ3v) is 4.39. The molecule has 0 spiro atoms. The molecule has 0 saturated heterocycles. The van der Waals surface area contributed by atoms with Crippen molar-refractivity contribution < 1.29 is 14.0 Å². The average Bonchev–Trinajstić information content (AvgIpc) is 3.00. The number of amides is 2. The number of nitrogens with one attached hydrogen (secondary N) is 2. The van der Waals surface area contributed by atoms with E-state index in [2.05, 4.69) is 38.7 Å². The molecule has 0 aliphatic carbocycles. The van der Waals surface area contributed by atoms with Gasteiger partial charge in [-0.15, -0.1) is 11.8 Å². The Hall–Kier alpha value is -1.73. The van der Waals surface area contributed by atoms with Gasteiger partial charge in [-0.25, -0.2) is 0 Å². The molecule has 0 radical (unpaired) electrons. The van der Waals surface area contributed by atoms with E-state index in [1.165, 1.54) is 11.0 Å². The largest absolute Gasteiger partial charge is 0.444 e. The van der Waals surface area contributed by atoms with E-state index in [-0.39, 0.29) is 18.2 Å². The second-order valence-electron chi connectivity index (χ2n) is 4.65. The van der Waals surface area contributed by atoms with Crippen molar-refractivity contribution in [3.63, 3.8) is 0 Å². The normalized spacial score (nSPS) is 10.3. The first-order valence-corrected chi connectivity index (χ1v) is 8.91. The molecule has 0 atom stereocenters. The van der Waals surface area contributed by atoms with Crippen molar-refractivity contribution >= 4 is 39.5 Å². The van der Waals surface area contributed by atoms with Gasteiger partial charge in [0.2, 0.25) is 5.91 Å². The highest BCUT2D eigenvalue weighted by molar-refractivity contribution is 9.10. The first kappa shape index (κ1) is 17.6. The Morgan fingerprint density at radius 3 is 2.57 bits per heavy atom. The molecule has 2 amide bonds. The van der Waals surface area contributed by atoms with Crippen LogP contribution in [0, 0.1) is 0 Å². The van der Waals surface area contributed by atoms with Gasteiger partial charge in [0.1, 0.15) is 0 Å². The SMILES string of the molecule is O=C(CNC(=O)c1ccc(Br)o1)NCCCSc1ccccc1. The summed E-state index contributed by atoms with van der Waals surface area (Å²) in [6.07, 6.45) is 0.865. The first-order valence-electron chi connectivity index (χ1n) is 7.13. The van der Waals surface area contributed by atoms with Gasteiger partial charge in [-0.05, 0) is 52.4 Å². The summed E-state index contributed by atoms with van der Waals surface area (Å²) in [4.78, 5) is 24.5. The number of carbonyl (C=O) groups excluding carboxylic acids is 2. The fourth-order valence-electron chi connectivity index (χ4n) is 1.75. The van der Waals surface area contributed by atoms with Crippen LogP contribution in [-0.2, 0) is 4.79 Å². The minimum absolute atomic E-state index is 0.0665. The number of thioether (sulfide) groups is 1. The van der Waals surface area contributed by atoms with Gasteiger partial charge in [0.05, 0.1) is 6.54 Å². The Balaban J connectivity index is 1.56. The van der Waals surface area contributed by atoms with Crippen molar-refractivity contribution in [1.29, 1.82) is 0 Å². The molecule has 1 heterocycles. The van der Waals surface area contributed by atoms with Crippen LogP contribution in [0.25, 0.3) is 0 Å². The Morgan fingerprint density at radius 2 is 1.87 bits per heavy atom. The van der Waals surface area contributed by atoms with Crippen molar-refractivity contribution in [2.24, 2.45) is 0 Å². The molecule has 0 fully saturated rings. The molecule has 0 unspecified atom stereocenters. The first-order chi connectivity index (χ1) is 11.1. The lowest BCUT2D eigenvalue weighted by Gasteiger charge is -2.06. The summed E-state index contributed by atoms with van der Waals surface area (Å²) < 4.78 is 5.58. The van der Waals surface area contributed by atoms with Crippen LogP contribution >= 0.6 is 27.7 Å². The molecule has 1 aromatic heterocycles. The average molecular weight is 397 g/mol. The van der Waals surface area contributed by atoms with E-state index in [0.29, 0.717) is 11.2 Å². The molecule has 2 N–H and O–H groups in total. The third kappa shape index (κ3) is 6.50. The molecular weight excluding hydrogens is 380 g/mol. The van der Waals surface area contributed by atoms with Crippen LogP contribution in [0.5, 0.6) is 0 Å². The number of hydrogen-bond donors (Lipinski definition) is 2. The highest BCUT2D eigenvalue weighted by Crippen LogP contribution is 2.17. The summed E-state index contributed by atoms with van der Waals surface area (Å²) >= 11 is 4.87. The highest BCUT2D eigenvalue weighted by atomic mass is 79.9. The van der Waals surface area contributed by atoms with Crippen molar-refractivity contribution in [2.45, 2.75) is 11.3 Å². The summed E-state index contributed by atoms with van der Waals surface area (Å²) in [6, 6.07) is 13.3. The predicted molar refractivity (Wildman–Crippen MR) is 93.5 cm³/mol. The van der Waals surface area contributed by atoms with Gasteiger partial charge in [-0.1, -0.05) is 18.2 Å². The Bertz CT molecular complexity index is 646. The number of halogens is 1. The summed E-state index contributed by atoms with van der Waals surface area (Å²) in [5.41, 5.74) is 0. The topological polar surface area (TPSA) is 71.3 Å². The van der Waals surface area contributed by atoms with Crippen LogP contribution in [-0.4, -0.2) is 30.7 Å². The van der Waals surface area contributed by atoms with E-state index in [1.54, 1.807) is 17.8 Å². The molecule has 2 rings (SSSR count). The minimum Gasteiger partial charge on any atom is -0.444 e. The molecule has 23 heavy (non-hydrogen) atoms. The van der Waals surface area contributed by atoms with E-state index in [4.69, 9.17) is 4.42 Å². The lowest BCUT2D eigenvalue weighted by Crippen LogP contribution is -2.37. The van der Waals surface area contributed by atoms with Gasteiger partial charge in [0, 0.05) is 11.4 Å². The van der Waals surface area contributed by atoms with Gasteiger partial charge in [-0.2, -0.15) is 0 Å². The molecule has 5 nitrogen and oxygen atoms in total. The van der Waals surface area contributed by atoms with Gasteiger partial charge in [0.15, 0.2) is 10.4 Å². The maximum absolute atomic E-state index is 11.7. The van der Waals surface area contributed by atoms with Crippen LogP contribution < -0.4 is 10.6 Å². The Labute approximate surface area is 147 Å². The molecule has 0 saturated carbocycles. The third-order valence-electron chi connectivity index (χ3n) is 2.86. The Morgan fingerprint density at radius 1 is 1.09 bits per heavy atom. The van der Waals surface area contributed by atoms with Crippen LogP contribution in [0.1, 0.15) is 17.0 Å². The molecule has 7 heteroatoms. The smallest absolute Gasteiger partial charge is 0.287 e. The lowest BCUT2D eigenvalue weighted by atomic mass is 10.4. The standard InChI is InChI=1S/C16H17BrN2O3S/c17-14-8-7-13(22-14)16(21)19-11-15(20)18-9-4-10-23-12-5-2-1-3-6-12/h1-3,5-8H,4,9-11H2,(H,18,20)(H,19,21). The fraction of sp³-hybridized carbons (Fsp3) is 0.250. The predicted octanol–water partition coefficient (Wildman–Crippen LogP) is 3.07. The molecule has 2 aromatic rings. The van der Waals surface area contributed by atoms with E-state index < -0.39 is 5.91 Å². The maximum Gasteiger partial charge on any atom is 0.287 e. The zero-order chi connectivity index (χ0) is 16.5. The van der Waals surface area contributed by atoms with Crippen molar-refractivity contribution in [1.82, 2.24) is 10.6 Å². The van der Waals surface area contributed by atoms with Crippen molar-refractivity contribution in [3.05, 3.63) is 52.9 Å². The Kier molecular flexibility index (Phi) is 7.22. The minimum atomic E-state index is -0.412. The van der Waals surface area contributed by atoms with Crippen molar-refractivity contribution in [2.75, 3.05) is 18.8 Å². The number of furan rings is 1. The van der Waals surface area contributed by atoms with Crippen LogP contribution in [0.2, 0.25) is 0 Å². The van der Waals surface area contributed by atoms with Crippen LogP contribution in [0.15, 0.2) is 56.4 Å². The number of carbonyl (C=O) groups is 2. The molecule has 122 valence electrons. The van der Waals surface area contributed by atoms with Gasteiger partial charge in [-0.3, -0.25) is 9.59 Å². The maximum atomic E-state index is 11.7. The summed E-state index contributed by atoms with van der Waals surface area (Å²) in [6.45, 7) is 0.518. The molecule has 0 bridgehead atoms. The number of hydrogen-bond acceptors (Lipinski definition) is 4. The molecule has 0 aliphatic rings. The fourth-order valence-corrected chi connectivity index (χ4v) is 2.93. The second kappa shape index (κ2) is 9.42. The van der Waals surface area contributed by atoms with E-state index in [9.17, 15) is 9.59 Å². The lowest BCUT2D eigenvalue weighted by molar-refractivity contribution is -0.120. The van der Waals surface area contributed by atoms with Gasteiger partial charge < -0.3 is 15.1 Å².